The Morgan fingerprint density at radius 3 is 2.30 bits per heavy atom. The first kappa shape index (κ1) is 24.6. The molecule has 0 aliphatic heterocycles. The van der Waals surface area contributed by atoms with Crippen LogP contribution in [0.25, 0.3) is 0 Å². The Bertz CT molecular complexity index is 765. The fourth-order valence-corrected chi connectivity index (χ4v) is 2.48. The summed E-state index contributed by atoms with van der Waals surface area (Å²) in [5.41, 5.74) is 11.2. The minimum absolute atomic E-state index is 0.00241. The van der Waals surface area contributed by atoms with E-state index in [1.54, 1.807) is 13.8 Å². The minimum atomic E-state index is -1.25. The summed E-state index contributed by atoms with van der Waals surface area (Å²) in [6, 6.07) is -3.44. The number of carboxylic acids is 1. The number of nitrogens with one attached hydrogen (secondary N) is 4. The Balaban J connectivity index is 2.93. The molecule has 0 saturated heterocycles. The first-order chi connectivity index (χ1) is 14.0. The molecule has 1 rings (SSSR count). The highest BCUT2D eigenvalue weighted by molar-refractivity contribution is 5.94. The van der Waals surface area contributed by atoms with Crippen molar-refractivity contribution in [2.24, 2.45) is 17.4 Å². The molecule has 3 atom stereocenters. The van der Waals surface area contributed by atoms with Gasteiger partial charge in [-0.2, -0.15) is 0 Å². The van der Waals surface area contributed by atoms with Crippen molar-refractivity contribution in [2.45, 2.75) is 44.8 Å². The quantitative estimate of drug-likeness (QED) is 0.182. The molecule has 1 heterocycles. The summed E-state index contributed by atoms with van der Waals surface area (Å²) >= 11 is 0. The second-order valence-electron chi connectivity index (χ2n) is 6.96. The number of carboxylic acid groups (broad SMARTS) is 1. The summed E-state index contributed by atoms with van der Waals surface area (Å²) in [5, 5.41) is 15.9. The monoisotopic (exact) mass is 425 g/mol. The summed E-state index contributed by atoms with van der Waals surface area (Å²) in [4.78, 5) is 65.6. The van der Waals surface area contributed by atoms with Crippen molar-refractivity contribution in [1.29, 1.82) is 0 Å². The van der Waals surface area contributed by atoms with Crippen LogP contribution in [0.5, 0.6) is 0 Å². The van der Waals surface area contributed by atoms with Crippen LogP contribution in [0.3, 0.4) is 0 Å². The van der Waals surface area contributed by atoms with Gasteiger partial charge in [0.2, 0.25) is 23.6 Å². The van der Waals surface area contributed by atoms with E-state index in [0.717, 1.165) is 0 Å². The molecule has 0 aromatic carbocycles. The lowest BCUT2D eigenvalue weighted by molar-refractivity contribution is -0.139. The summed E-state index contributed by atoms with van der Waals surface area (Å²) in [6.07, 6.45) is 2.44. The second kappa shape index (κ2) is 11.5. The first-order valence-electron chi connectivity index (χ1n) is 9.12. The van der Waals surface area contributed by atoms with Gasteiger partial charge in [-0.3, -0.25) is 24.0 Å². The molecule has 0 radical (unpaired) electrons. The van der Waals surface area contributed by atoms with Crippen molar-refractivity contribution in [3.63, 3.8) is 0 Å². The van der Waals surface area contributed by atoms with E-state index in [1.807, 2.05) is 0 Å². The van der Waals surface area contributed by atoms with Crippen LogP contribution in [0.15, 0.2) is 12.5 Å². The average molecular weight is 425 g/mol. The molecule has 13 heteroatoms. The SMILES string of the molecule is CC(C)C(NC(=O)C(Cc1cnc[nH]1)NC(=O)C(N)CC(N)=O)C(=O)NCC(=O)O. The second-order valence-corrected chi connectivity index (χ2v) is 6.96. The number of hydrogen-bond acceptors (Lipinski definition) is 7. The highest BCUT2D eigenvalue weighted by Crippen LogP contribution is 2.05. The van der Waals surface area contributed by atoms with Gasteiger partial charge in [0.15, 0.2) is 0 Å². The molecule has 13 nitrogen and oxygen atoms in total. The lowest BCUT2D eigenvalue weighted by Gasteiger charge is -2.25. The van der Waals surface area contributed by atoms with Gasteiger partial charge in [-0.05, 0) is 5.92 Å². The highest BCUT2D eigenvalue weighted by atomic mass is 16.4. The number of aromatic amines is 1. The number of carbonyl (C=O) groups excluding carboxylic acids is 4. The van der Waals surface area contributed by atoms with E-state index in [1.165, 1.54) is 12.5 Å². The van der Waals surface area contributed by atoms with Crippen molar-refractivity contribution in [3.8, 4) is 0 Å². The van der Waals surface area contributed by atoms with Crippen molar-refractivity contribution >= 4 is 29.6 Å². The van der Waals surface area contributed by atoms with Gasteiger partial charge in [0.05, 0.1) is 18.8 Å². The zero-order valence-corrected chi connectivity index (χ0v) is 16.7. The Hall–Kier alpha value is -3.48. The number of primary amides is 1. The zero-order valence-electron chi connectivity index (χ0n) is 16.7. The molecule has 30 heavy (non-hydrogen) atoms. The van der Waals surface area contributed by atoms with Crippen LogP contribution in [0, 0.1) is 5.92 Å². The Morgan fingerprint density at radius 2 is 1.80 bits per heavy atom. The van der Waals surface area contributed by atoms with Gasteiger partial charge in [-0.15, -0.1) is 0 Å². The summed E-state index contributed by atoms with van der Waals surface area (Å²) < 4.78 is 0. The van der Waals surface area contributed by atoms with E-state index in [0.29, 0.717) is 5.69 Å². The molecule has 0 fully saturated rings. The van der Waals surface area contributed by atoms with Crippen LogP contribution >= 0.6 is 0 Å². The molecule has 0 saturated carbocycles. The van der Waals surface area contributed by atoms with Crippen LogP contribution in [0.2, 0.25) is 0 Å². The minimum Gasteiger partial charge on any atom is -0.480 e. The molecule has 3 unspecified atom stereocenters. The van der Waals surface area contributed by atoms with Crippen LogP contribution < -0.4 is 27.4 Å². The van der Waals surface area contributed by atoms with Gasteiger partial charge in [0, 0.05) is 18.3 Å². The molecule has 4 amide bonds. The van der Waals surface area contributed by atoms with Gasteiger partial charge in [0.25, 0.3) is 0 Å². The number of aromatic nitrogens is 2. The third-order valence-corrected chi connectivity index (χ3v) is 4.03. The van der Waals surface area contributed by atoms with Crippen LogP contribution in [0.4, 0.5) is 0 Å². The van der Waals surface area contributed by atoms with Crippen LogP contribution in [-0.4, -0.2) is 69.3 Å². The normalized spacial score (nSPS) is 13.7. The maximum atomic E-state index is 12.8. The third-order valence-electron chi connectivity index (χ3n) is 4.03. The van der Waals surface area contributed by atoms with E-state index in [-0.39, 0.29) is 12.3 Å². The number of imidazole rings is 1. The number of H-pyrrole nitrogens is 1. The number of amides is 4. The van der Waals surface area contributed by atoms with E-state index < -0.39 is 60.7 Å². The zero-order chi connectivity index (χ0) is 22.8. The topological polar surface area (TPSA) is 222 Å². The van der Waals surface area contributed by atoms with E-state index >= 15 is 0 Å². The molecule has 0 spiro atoms. The van der Waals surface area contributed by atoms with E-state index in [4.69, 9.17) is 16.6 Å². The highest BCUT2D eigenvalue weighted by Gasteiger charge is 2.30. The smallest absolute Gasteiger partial charge is 0.322 e. The molecule has 0 aliphatic carbocycles. The Morgan fingerprint density at radius 1 is 1.13 bits per heavy atom. The van der Waals surface area contributed by atoms with Gasteiger partial charge >= 0.3 is 5.97 Å². The fourth-order valence-electron chi connectivity index (χ4n) is 2.48. The number of nitrogens with two attached hydrogens (primary N) is 2. The molecule has 1 aromatic rings. The van der Waals surface area contributed by atoms with Crippen LogP contribution in [0.1, 0.15) is 26.0 Å². The summed E-state index contributed by atoms with van der Waals surface area (Å²) in [6.45, 7) is 2.72. The van der Waals surface area contributed by atoms with Crippen LogP contribution in [-0.2, 0) is 30.4 Å². The number of rotatable bonds is 12. The number of hydrogen-bond donors (Lipinski definition) is 7. The lowest BCUT2D eigenvalue weighted by atomic mass is 10.0. The van der Waals surface area contributed by atoms with Crippen molar-refractivity contribution in [2.75, 3.05) is 6.54 Å². The van der Waals surface area contributed by atoms with E-state index in [9.17, 15) is 24.0 Å². The molecule has 9 N–H and O–H groups in total. The average Bonchev–Trinajstić information content (AvgIpc) is 3.15. The molecule has 0 bridgehead atoms. The largest absolute Gasteiger partial charge is 0.480 e. The van der Waals surface area contributed by atoms with E-state index in [2.05, 4.69) is 25.9 Å². The molecular formula is C17H27N7O6. The lowest BCUT2D eigenvalue weighted by Crippen LogP contribution is -2.58. The maximum absolute atomic E-state index is 12.8. The van der Waals surface area contributed by atoms with Crippen molar-refractivity contribution < 1.29 is 29.1 Å². The Kier molecular flexibility index (Phi) is 9.42. The predicted molar refractivity (Wildman–Crippen MR) is 103 cm³/mol. The predicted octanol–water partition coefficient (Wildman–Crippen LogP) is -3.02. The van der Waals surface area contributed by atoms with Gasteiger partial charge < -0.3 is 37.5 Å². The molecular weight excluding hydrogens is 398 g/mol. The summed E-state index contributed by atoms with van der Waals surface area (Å²) in [5.74, 6) is -4.54. The number of nitrogens with zero attached hydrogens (tertiary/aromatic N) is 1. The standard InChI is InChI=1S/C17H27N7O6/c1-8(2)14(17(30)21-6-13(26)27)24-16(29)11(3-9-5-20-7-22-9)23-15(28)10(18)4-12(19)25/h5,7-8,10-11,14H,3-4,6,18H2,1-2H3,(H2,19,25)(H,20,22)(H,21,30)(H,23,28)(H,24,29)(H,26,27). The van der Waals surface area contributed by atoms with Gasteiger partial charge in [-0.25, -0.2) is 4.98 Å². The Labute approximate surface area is 172 Å². The molecule has 0 aliphatic rings. The van der Waals surface area contributed by atoms with Gasteiger partial charge in [0.1, 0.15) is 18.6 Å². The third kappa shape index (κ3) is 8.26. The number of aliphatic carboxylic acids is 1. The van der Waals surface area contributed by atoms with Crippen molar-refractivity contribution in [3.05, 3.63) is 18.2 Å². The molecule has 1 aromatic heterocycles. The fraction of sp³-hybridized carbons (Fsp3) is 0.529. The first-order valence-corrected chi connectivity index (χ1v) is 9.12. The number of carbonyl (C=O) groups is 5. The maximum Gasteiger partial charge on any atom is 0.322 e. The summed E-state index contributed by atoms with van der Waals surface area (Å²) in [7, 11) is 0. The van der Waals surface area contributed by atoms with Crippen molar-refractivity contribution in [1.82, 2.24) is 25.9 Å². The van der Waals surface area contributed by atoms with Gasteiger partial charge in [-0.1, -0.05) is 13.8 Å². The molecule has 166 valence electrons.